The van der Waals surface area contributed by atoms with E-state index in [4.69, 9.17) is 0 Å². The second-order valence-corrected chi connectivity index (χ2v) is 4.94. The van der Waals surface area contributed by atoms with Gasteiger partial charge in [-0.1, -0.05) is 13.8 Å². The highest BCUT2D eigenvalue weighted by Gasteiger charge is 2.38. The molecule has 2 amide bonds. The van der Waals surface area contributed by atoms with E-state index in [-0.39, 0.29) is 29.6 Å². The maximum atomic E-state index is 11.9. The van der Waals surface area contributed by atoms with Gasteiger partial charge >= 0.3 is 0 Å². The third-order valence-corrected chi connectivity index (χ3v) is 3.28. The Bertz CT molecular complexity index is 450. The molecule has 1 aliphatic rings. The number of aromatic nitrogens is 2. The third-order valence-electron chi connectivity index (χ3n) is 3.28. The van der Waals surface area contributed by atoms with Gasteiger partial charge < -0.3 is 0 Å². The Morgan fingerprint density at radius 3 is 2.71 bits per heavy atom. The summed E-state index contributed by atoms with van der Waals surface area (Å²) < 4.78 is 1.70. The smallest absolute Gasteiger partial charge is 0.230 e. The van der Waals surface area contributed by atoms with Gasteiger partial charge in [0.2, 0.25) is 11.8 Å². The lowest BCUT2D eigenvalue weighted by Gasteiger charge is -2.32. The molecule has 1 saturated heterocycles. The first-order valence-electron chi connectivity index (χ1n) is 5.81. The van der Waals surface area contributed by atoms with E-state index in [0.717, 1.165) is 5.56 Å². The fraction of sp³-hybridized carbons (Fsp3) is 0.583. The summed E-state index contributed by atoms with van der Waals surface area (Å²) >= 11 is 0. The molecule has 0 aliphatic carbocycles. The summed E-state index contributed by atoms with van der Waals surface area (Å²) in [7, 11) is 1.83. The maximum Gasteiger partial charge on any atom is 0.230 e. The van der Waals surface area contributed by atoms with Gasteiger partial charge in [0.15, 0.2) is 0 Å². The van der Waals surface area contributed by atoms with Crippen molar-refractivity contribution >= 4 is 11.8 Å². The van der Waals surface area contributed by atoms with Gasteiger partial charge in [0.25, 0.3) is 0 Å². The molecule has 5 heteroatoms. The first-order valence-corrected chi connectivity index (χ1v) is 5.81. The van der Waals surface area contributed by atoms with Crippen molar-refractivity contribution in [3.05, 3.63) is 18.0 Å². The topological polar surface area (TPSA) is 64.0 Å². The molecule has 92 valence electrons. The standard InChI is InChI=1S/C12H17N3O2/c1-7(2)11-9(4-10(16)14-12(11)17)8-5-13-15(3)6-8/h5-7,9,11H,4H2,1-3H3,(H,14,16,17). The Balaban J connectivity index is 2.33. The van der Waals surface area contributed by atoms with Gasteiger partial charge in [-0.05, 0) is 11.5 Å². The molecule has 0 aromatic carbocycles. The van der Waals surface area contributed by atoms with Gasteiger partial charge in [-0.2, -0.15) is 5.10 Å². The van der Waals surface area contributed by atoms with Crippen molar-refractivity contribution in [2.24, 2.45) is 18.9 Å². The van der Waals surface area contributed by atoms with E-state index in [9.17, 15) is 9.59 Å². The highest BCUT2D eigenvalue weighted by atomic mass is 16.2. The third kappa shape index (κ3) is 2.23. The van der Waals surface area contributed by atoms with E-state index in [1.54, 1.807) is 10.9 Å². The second kappa shape index (κ2) is 4.31. The predicted octanol–water partition coefficient (Wildman–Crippen LogP) is 0.822. The highest BCUT2D eigenvalue weighted by Crippen LogP contribution is 2.35. The Kier molecular flexibility index (Phi) is 3.00. The summed E-state index contributed by atoms with van der Waals surface area (Å²) in [4.78, 5) is 23.4. The van der Waals surface area contributed by atoms with Crippen LogP contribution < -0.4 is 5.32 Å². The molecule has 2 unspecified atom stereocenters. The molecule has 0 bridgehead atoms. The van der Waals surface area contributed by atoms with Crippen molar-refractivity contribution in [1.82, 2.24) is 15.1 Å². The van der Waals surface area contributed by atoms with Crippen LogP contribution in [0.15, 0.2) is 12.4 Å². The second-order valence-electron chi connectivity index (χ2n) is 4.94. The van der Waals surface area contributed by atoms with Crippen molar-refractivity contribution < 1.29 is 9.59 Å². The van der Waals surface area contributed by atoms with Crippen molar-refractivity contribution in [1.29, 1.82) is 0 Å². The van der Waals surface area contributed by atoms with Gasteiger partial charge in [0.1, 0.15) is 0 Å². The molecule has 0 spiro atoms. The minimum atomic E-state index is -0.194. The van der Waals surface area contributed by atoms with Crippen LogP contribution in [0, 0.1) is 11.8 Å². The fourth-order valence-corrected chi connectivity index (χ4v) is 2.51. The minimum Gasteiger partial charge on any atom is -0.296 e. The largest absolute Gasteiger partial charge is 0.296 e. The van der Waals surface area contributed by atoms with Crippen molar-refractivity contribution in [3.63, 3.8) is 0 Å². The summed E-state index contributed by atoms with van der Waals surface area (Å²) in [6.07, 6.45) is 3.98. The van der Waals surface area contributed by atoms with E-state index in [2.05, 4.69) is 10.4 Å². The quantitative estimate of drug-likeness (QED) is 0.772. The predicted molar refractivity (Wildman–Crippen MR) is 62.0 cm³/mol. The molecule has 5 nitrogen and oxygen atoms in total. The molecule has 1 aliphatic heterocycles. The van der Waals surface area contributed by atoms with Crippen LogP contribution in [0.2, 0.25) is 0 Å². The first kappa shape index (κ1) is 11.8. The van der Waals surface area contributed by atoms with E-state index in [1.165, 1.54) is 0 Å². The highest BCUT2D eigenvalue weighted by molar-refractivity contribution is 5.99. The SMILES string of the molecule is CC(C)C1C(=O)NC(=O)CC1c1cnn(C)c1. The fourth-order valence-electron chi connectivity index (χ4n) is 2.51. The molecule has 2 atom stereocenters. The summed E-state index contributed by atoms with van der Waals surface area (Å²) in [6.45, 7) is 4.01. The molecule has 1 N–H and O–H groups in total. The zero-order valence-electron chi connectivity index (χ0n) is 10.3. The monoisotopic (exact) mass is 235 g/mol. The van der Waals surface area contributed by atoms with E-state index in [1.807, 2.05) is 27.1 Å². The van der Waals surface area contributed by atoms with Gasteiger partial charge in [0, 0.05) is 31.5 Å². The Hall–Kier alpha value is -1.65. The average molecular weight is 235 g/mol. The molecule has 1 fully saturated rings. The number of piperidine rings is 1. The normalized spacial score (nSPS) is 25.2. The zero-order chi connectivity index (χ0) is 12.6. The van der Waals surface area contributed by atoms with Crippen LogP contribution >= 0.6 is 0 Å². The molecule has 2 rings (SSSR count). The molecule has 17 heavy (non-hydrogen) atoms. The Morgan fingerprint density at radius 2 is 2.18 bits per heavy atom. The Morgan fingerprint density at radius 1 is 1.47 bits per heavy atom. The number of amides is 2. The molecule has 0 radical (unpaired) electrons. The van der Waals surface area contributed by atoms with Gasteiger partial charge in [-0.25, -0.2) is 0 Å². The zero-order valence-corrected chi connectivity index (χ0v) is 10.3. The summed E-state index contributed by atoms with van der Waals surface area (Å²) in [5.41, 5.74) is 0.967. The van der Waals surface area contributed by atoms with Gasteiger partial charge in [-0.3, -0.25) is 19.6 Å². The average Bonchev–Trinajstić information content (AvgIpc) is 2.62. The van der Waals surface area contributed by atoms with Crippen molar-refractivity contribution in [2.75, 3.05) is 0 Å². The molecule has 2 heterocycles. The first-order chi connectivity index (χ1) is 7.99. The van der Waals surface area contributed by atoms with Crippen LogP contribution in [0.25, 0.3) is 0 Å². The summed E-state index contributed by atoms with van der Waals surface area (Å²) in [5, 5.41) is 6.52. The van der Waals surface area contributed by atoms with E-state index in [0.29, 0.717) is 6.42 Å². The molecular weight excluding hydrogens is 218 g/mol. The maximum absolute atomic E-state index is 11.9. The van der Waals surface area contributed by atoms with Crippen LogP contribution in [0.4, 0.5) is 0 Å². The van der Waals surface area contributed by atoms with Crippen LogP contribution in [0.3, 0.4) is 0 Å². The van der Waals surface area contributed by atoms with Crippen LogP contribution in [0.5, 0.6) is 0 Å². The number of hydrogen-bond donors (Lipinski definition) is 1. The van der Waals surface area contributed by atoms with Crippen LogP contribution in [-0.4, -0.2) is 21.6 Å². The molecule has 1 aromatic heterocycles. The van der Waals surface area contributed by atoms with Gasteiger partial charge in [0.05, 0.1) is 6.20 Å². The number of rotatable bonds is 2. The number of carbonyl (C=O) groups is 2. The molecule has 0 saturated carbocycles. The lowest BCUT2D eigenvalue weighted by atomic mass is 9.75. The number of carbonyl (C=O) groups excluding carboxylic acids is 2. The molecule has 1 aromatic rings. The number of imide groups is 1. The van der Waals surface area contributed by atoms with E-state index >= 15 is 0 Å². The lowest BCUT2D eigenvalue weighted by Crippen LogP contribution is -2.46. The summed E-state index contributed by atoms with van der Waals surface area (Å²) in [6, 6.07) is 0. The number of nitrogens with zero attached hydrogens (tertiary/aromatic N) is 2. The van der Waals surface area contributed by atoms with Crippen molar-refractivity contribution in [3.8, 4) is 0 Å². The minimum absolute atomic E-state index is 0.0510. The number of aryl methyl sites for hydroxylation is 1. The summed E-state index contributed by atoms with van der Waals surface area (Å²) in [5.74, 6) is -0.360. The molecular formula is C12H17N3O2. The number of hydrogen-bond acceptors (Lipinski definition) is 3. The van der Waals surface area contributed by atoms with Crippen LogP contribution in [-0.2, 0) is 16.6 Å². The van der Waals surface area contributed by atoms with E-state index < -0.39 is 0 Å². The lowest BCUT2D eigenvalue weighted by molar-refractivity contribution is -0.138. The number of nitrogens with one attached hydrogen (secondary N) is 1. The Labute approximate surface area is 100 Å². The van der Waals surface area contributed by atoms with Crippen molar-refractivity contribution in [2.45, 2.75) is 26.2 Å². The van der Waals surface area contributed by atoms with Gasteiger partial charge in [-0.15, -0.1) is 0 Å². The van der Waals surface area contributed by atoms with Crippen LogP contribution in [0.1, 0.15) is 31.7 Å².